The highest BCUT2D eigenvalue weighted by atomic mass is 16.5. The molecule has 0 bridgehead atoms. The molecule has 5 heteroatoms. The van der Waals surface area contributed by atoms with Crippen LogP contribution in [0, 0.1) is 11.8 Å². The van der Waals surface area contributed by atoms with Gasteiger partial charge in [0.1, 0.15) is 6.61 Å². The van der Waals surface area contributed by atoms with Gasteiger partial charge in [-0.25, -0.2) is 9.59 Å². The van der Waals surface area contributed by atoms with E-state index < -0.39 is 6.09 Å². The minimum absolute atomic E-state index is 0.0354. The number of hydrogen-bond acceptors (Lipinski definition) is 4. The molecule has 3 atom stereocenters. The molecule has 0 unspecified atom stereocenters. The lowest BCUT2D eigenvalue weighted by molar-refractivity contribution is -0.138. The summed E-state index contributed by atoms with van der Waals surface area (Å²) in [5.41, 5.74) is 0.662. The summed E-state index contributed by atoms with van der Waals surface area (Å²) in [6.45, 7) is 5.82. The summed E-state index contributed by atoms with van der Waals surface area (Å²) in [5, 5.41) is 2.81. The first-order chi connectivity index (χ1) is 9.15. The maximum absolute atomic E-state index is 11.7. The molecule has 0 saturated heterocycles. The molecular weight excluding hydrogens is 246 g/mol. The number of carbonyl (C=O) groups is 2. The van der Waals surface area contributed by atoms with E-state index in [1.807, 2.05) is 6.08 Å². The largest absolute Gasteiger partial charge is 0.463 e. The van der Waals surface area contributed by atoms with E-state index in [0.29, 0.717) is 30.4 Å². The van der Waals surface area contributed by atoms with Gasteiger partial charge >= 0.3 is 12.1 Å². The fraction of sp³-hybridized carbons (Fsp3) is 0.571. The number of esters is 1. The van der Waals surface area contributed by atoms with Crippen LogP contribution < -0.4 is 5.32 Å². The third-order valence-corrected chi connectivity index (χ3v) is 3.44. The second kappa shape index (κ2) is 5.91. The standard InChI is InChI=1S/C14H19NO4/c1-3-5-19-14(17)15-12-8-10(13(16)18-4-2)6-9-7-11(9)12/h3,6,9,11-12H,1,4-5,7-8H2,2H3,(H,15,17)/t9-,11+,12+/m1/s1. The zero-order chi connectivity index (χ0) is 13.8. The molecule has 1 saturated carbocycles. The monoisotopic (exact) mass is 265 g/mol. The molecule has 0 radical (unpaired) electrons. The van der Waals surface area contributed by atoms with Gasteiger partial charge in [0.25, 0.3) is 0 Å². The number of carbonyl (C=O) groups excluding carboxylic acids is 2. The van der Waals surface area contributed by atoms with Crippen LogP contribution in [0.3, 0.4) is 0 Å². The summed E-state index contributed by atoms with van der Waals surface area (Å²) in [7, 11) is 0. The predicted molar refractivity (Wildman–Crippen MR) is 69.4 cm³/mol. The highest BCUT2D eigenvalue weighted by Gasteiger charge is 2.46. The van der Waals surface area contributed by atoms with Gasteiger partial charge in [0, 0.05) is 11.6 Å². The Morgan fingerprint density at radius 1 is 1.53 bits per heavy atom. The summed E-state index contributed by atoms with van der Waals surface area (Å²) < 4.78 is 9.90. The molecule has 0 heterocycles. The molecule has 1 amide bonds. The van der Waals surface area contributed by atoms with Crippen LogP contribution in [0.2, 0.25) is 0 Å². The first-order valence-electron chi connectivity index (χ1n) is 6.57. The Balaban J connectivity index is 1.90. The van der Waals surface area contributed by atoms with Gasteiger partial charge in [-0.2, -0.15) is 0 Å². The Morgan fingerprint density at radius 2 is 2.32 bits per heavy atom. The van der Waals surface area contributed by atoms with E-state index in [1.165, 1.54) is 6.08 Å². The van der Waals surface area contributed by atoms with Crippen molar-refractivity contribution < 1.29 is 19.1 Å². The Bertz CT molecular complexity index is 416. The first-order valence-corrected chi connectivity index (χ1v) is 6.57. The molecule has 1 fully saturated rings. The SMILES string of the molecule is C=CCOC(=O)N[C@H]1CC(C(=O)OCC)=C[C@@H]2C[C@@H]21. The number of rotatable bonds is 5. The number of allylic oxidation sites excluding steroid dienone is 1. The van der Waals surface area contributed by atoms with E-state index in [2.05, 4.69) is 11.9 Å². The van der Waals surface area contributed by atoms with Crippen LogP contribution >= 0.6 is 0 Å². The first kappa shape index (κ1) is 13.6. The van der Waals surface area contributed by atoms with Crippen molar-refractivity contribution in [3.63, 3.8) is 0 Å². The summed E-state index contributed by atoms with van der Waals surface area (Å²) in [6, 6.07) is -0.0354. The van der Waals surface area contributed by atoms with Crippen LogP contribution in [-0.2, 0) is 14.3 Å². The molecule has 2 rings (SSSR count). The molecular formula is C14H19NO4. The zero-order valence-electron chi connectivity index (χ0n) is 11.1. The highest BCUT2D eigenvalue weighted by molar-refractivity contribution is 5.89. The van der Waals surface area contributed by atoms with Gasteiger partial charge in [-0.05, 0) is 31.6 Å². The molecule has 0 aromatic carbocycles. The van der Waals surface area contributed by atoms with Gasteiger partial charge in [0.15, 0.2) is 0 Å². The maximum atomic E-state index is 11.7. The van der Waals surface area contributed by atoms with Crippen molar-refractivity contribution in [2.45, 2.75) is 25.8 Å². The van der Waals surface area contributed by atoms with Crippen molar-refractivity contribution >= 4 is 12.1 Å². The van der Waals surface area contributed by atoms with Crippen LogP contribution in [0.15, 0.2) is 24.3 Å². The van der Waals surface area contributed by atoms with Gasteiger partial charge in [0.05, 0.1) is 6.61 Å². The smallest absolute Gasteiger partial charge is 0.407 e. The van der Waals surface area contributed by atoms with E-state index in [-0.39, 0.29) is 18.6 Å². The number of ether oxygens (including phenoxy) is 2. The van der Waals surface area contributed by atoms with Gasteiger partial charge in [-0.3, -0.25) is 0 Å². The Hall–Kier alpha value is -1.78. The van der Waals surface area contributed by atoms with Crippen molar-refractivity contribution in [1.29, 1.82) is 0 Å². The maximum Gasteiger partial charge on any atom is 0.407 e. The Labute approximate surface area is 112 Å². The lowest BCUT2D eigenvalue weighted by atomic mass is 9.95. The summed E-state index contributed by atoms with van der Waals surface area (Å²) in [4.78, 5) is 23.2. The molecule has 5 nitrogen and oxygen atoms in total. The topological polar surface area (TPSA) is 64.6 Å². The fourth-order valence-corrected chi connectivity index (χ4v) is 2.47. The fourth-order valence-electron chi connectivity index (χ4n) is 2.47. The quantitative estimate of drug-likeness (QED) is 0.608. The second-order valence-corrected chi connectivity index (χ2v) is 4.82. The number of fused-ring (bicyclic) bond motifs is 1. The van der Waals surface area contributed by atoms with E-state index >= 15 is 0 Å². The minimum atomic E-state index is -0.458. The van der Waals surface area contributed by atoms with Gasteiger partial charge in [0.2, 0.25) is 0 Å². The third-order valence-electron chi connectivity index (χ3n) is 3.44. The van der Waals surface area contributed by atoms with Crippen LogP contribution in [0.1, 0.15) is 19.8 Å². The highest BCUT2D eigenvalue weighted by Crippen LogP contribution is 2.48. The molecule has 19 heavy (non-hydrogen) atoms. The summed E-state index contributed by atoms with van der Waals surface area (Å²) >= 11 is 0. The average Bonchev–Trinajstić information content (AvgIpc) is 3.16. The number of alkyl carbamates (subject to hydrolysis) is 1. The molecule has 0 aromatic rings. The number of nitrogens with one attached hydrogen (secondary N) is 1. The molecule has 1 N–H and O–H groups in total. The van der Waals surface area contributed by atoms with Crippen molar-refractivity contribution in [1.82, 2.24) is 5.32 Å². The van der Waals surface area contributed by atoms with Crippen molar-refractivity contribution in [3.05, 3.63) is 24.3 Å². The molecule has 104 valence electrons. The lowest BCUT2D eigenvalue weighted by Crippen LogP contribution is -2.39. The summed E-state index contributed by atoms with van der Waals surface area (Å²) in [6.07, 6.45) is 4.57. The zero-order valence-corrected chi connectivity index (χ0v) is 11.1. The van der Waals surface area contributed by atoms with Crippen LogP contribution in [-0.4, -0.2) is 31.3 Å². The number of hydrogen-bond donors (Lipinski definition) is 1. The molecule has 0 aliphatic heterocycles. The normalized spacial score (nSPS) is 27.6. The molecule has 2 aliphatic carbocycles. The van der Waals surface area contributed by atoms with E-state index in [4.69, 9.17) is 9.47 Å². The molecule has 0 spiro atoms. The third kappa shape index (κ3) is 3.36. The van der Waals surface area contributed by atoms with E-state index in [9.17, 15) is 9.59 Å². The van der Waals surface area contributed by atoms with Gasteiger partial charge < -0.3 is 14.8 Å². The second-order valence-electron chi connectivity index (χ2n) is 4.82. The van der Waals surface area contributed by atoms with Crippen molar-refractivity contribution in [2.24, 2.45) is 11.8 Å². The van der Waals surface area contributed by atoms with Gasteiger partial charge in [-0.15, -0.1) is 0 Å². The molecule has 0 aromatic heterocycles. The van der Waals surface area contributed by atoms with Crippen LogP contribution in [0.4, 0.5) is 4.79 Å². The Morgan fingerprint density at radius 3 is 3.00 bits per heavy atom. The van der Waals surface area contributed by atoms with Crippen LogP contribution in [0.5, 0.6) is 0 Å². The average molecular weight is 265 g/mol. The van der Waals surface area contributed by atoms with Gasteiger partial charge in [-0.1, -0.05) is 18.7 Å². The van der Waals surface area contributed by atoms with E-state index in [0.717, 1.165) is 6.42 Å². The molecule has 2 aliphatic rings. The number of amides is 1. The summed E-state index contributed by atoms with van der Waals surface area (Å²) in [5.74, 6) is 0.534. The lowest BCUT2D eigenvalue weighted by Gasteiger charge is -2.22. The predicted octanol–water partition coefficient (Wildman–Crippen LogP) is 1.80. The van der Waals surface area contributed by atoms with Crippen molar-refractivity contribution in [3.8, 4) is 0 Å². The Kier molecular flexibility index (Phi) is 4.24. The van der Waals surface area contributed by atoms with E-state index in [1.54, 1.807) is 6.92 Å². The van der Waals surface area contributed by atoms with Crippen LogP contribution in [0.25, 0.3) is 0 Å². The minimum Gasteiger partial charge on any atom is -0.463 e. The van der Waals surface area contributed by atoms with Crippen molar-refractivity contribution in [2.75, 3.05) is 13.2 Å².